The number of rotatable bonds is 15. The summed E-state index contributed by atoms with van der Waals surface area (Å²) in [6, 6.07) is 9.47. The molecule has 33 heavy (non-hydrogen) atoms. The number of aryl methyl sites for hydroxylation is 2. The van der Waals surface area contributed by atoms with Crippen LogP contribution in [0.25, 0.3) is 21.0 Å². The molecule has 1 aromatic heterocycles. The third-order valence-electron chi connectivity index (χ3n) is 6.29. The highest BCUT2D eigenvalue weighted by molar-refractivity contribution is 8.55. The van der Waals surface area contributed by atoms with Crippen molar-refractivity contribution in [3.8, 4) is 11.5 Å². The summed E-state index contributed by atoms with van der Waals surface area (Å²) in [5.74, 6) is 3.34. The highest BCUT2D eigenvalue weighted by atomic mass is 32.7. The van der Waals surface area contributed by atoms with Crippen LogP contribution in [-0.4, -0.2) is 19.0 Å². The SMILES string of the molecule is CCCCCOc1cc2c3cc(OCCCCC)c(C)cc3p(SCCCCC)c2cc1C. The number of ether oxygens (including phenoxy) is 2. The van der Waals surface area contributed by atoms with Crippen molar-refractivity contribution in [2.24, 2.45) is 0 Å². The van der Waals surface area contributed by atoms with Crippen LogP contribution in [-0.2, 0) is 0 Å². The van der Waals surface area contributed by atoms with Crippen LogP contribution >= 0.6 is 18.1 Å². The fourth-order valence-electron chi connectivity index (χ4n) is 4.27. The summed E-state index contributed by atoms with van der Waals surface area (Å²) in [7, 11) is 0. The number of hydrogen-bond acceptors (Lipinski definition) is 3. The molecule has 182 valence electrons. The van der Waals surface area contributed by atoms with E-state index in [0.717, 1.165) is 37.6 Å². The van der Waals surface area contributed by atoms with Crippen molar-refractivity contribution in [1.82, 2.24) is 0 Å². The van der Waals surface area contributed by atoms with Crippen LogP contribution in [0.2, 0.25) is 0 Å². The van der Waals surface area contributed by atoms with Crippen molar-refractivity contribution >= 4 is 39.1 Å². The normalized spacial score (nSPS) is 11.5. The Hall–Kier alpha value is -1.31. The number of fused-ring (bicyclic) bond motifs is 3. The second kappa shape index (κ2) is 13.5. The van der Waals surface area contributed by atoms with E-state index in [-0.39, 0.29) is 6.74 Å². The molecule has 3 rings (SSSR count). The van der Waals surface area contributed by atoms with Gasteiger partial charge in [0.25, 0.3) is 0 Å². The molecule has 0 radical (unpaired) electrons. The van der Waals surface area contributed by atoms with Crippen LogP contribution in [0.3, 0.4) is 0 Å². The molecule has 0 aliphatic carbocycles. The predicted octanol–water partition coefficient (Wildman–Crippen LogP) is 10.4. The van der Waals surface area contributed by atoms with E-state index in [2.05, 4.69) is 70.3 Å². The van der Waals surface area contributed by atoms with Gasteiger partial charge >= 0.3 is 0 Å². The van der Waals surface area contributed by atoms with E-state index in [1.54, 1.807) is 0 Å². The molecule has 0 fully saturated rings. The van der Waals surface area contributed by atoms with Crippen LogP contribution in [0.1, 0.15) is 89.7 Å². The highest BCUT2D eigenvalue weighted by Gasteiger charge is 2.17. The molecule has 0 amide bonds. The molecule has 2 nitrogen and oxygen atoms in total. The molecule has 0 aliphatic rings. The monoisotopic (exact) mass is 486 g/mol. The number of benzene rings is 2. The van der Waals surface area contributed by atoms with Gasteiger partial charge in [-0.25, -0.2) is 0 Å². The minimum absolute atomic E-state index is 0.382. The Morgan fingerprint density at radius 1 is 0.636 bits per heavy atom. The van der Waals surface area contributed by atoms with E-state index in [1.165, 1.54) is 82.8 Å². The molecular weight excluding hydrogens is 443 g/mol. The van der Waals surface area contributed by atoms with Gasteiger partial charge in [-0.1, -0.05) is 59.3 Å². The van der Waals surface area contributed by atoms with Gasteiger partial charge in [-0.2, -0.15) is 0 Å². The summed E-state index contributed by atoms with van der Waals surface area (Å²) in [4.78, 5) is 0. The van der Waals surface area contributed by atoms with Gasteiger partial charge in [0.05, 0.1) is 13.2 Å². The second-order valence-electron chi connectivity index (χ2n) is 9.22. The van der Waals surface area contributed by atoms with Crippen molar-refractivity contribution < 1.29 is 9.47 Å². The lowest BCUT2D eigenvalue weighted by atomic mass is 10.1. The van der Waals surface area contributed by atoms with E-state index < -0.39 is 0 Å². The topological polar surface area (TPSA) is 18.5 Å². The average molecular weight is 487 g/mol. The lowest BCUT2D eigenvalue weighted by Crippen LogP contribution is -1.99. The first-order chi connectivity index (χ1) is 16.1. The molecule has 2 aromatic carbocycles. The molecule has 1 heterocycles. The van der Waals surface area contributed by atoms with Crippen LogP contribution in [0.4, 0.5) is 0 Å². The summed E-state index contributed by atoms with van der Waals surface area (Å²) in [5, 5.41) is 5.77. The maximum absolute atomic E-state index is 6.24. The van der Waals surface area contributed by atoms with Crippen LogP contribution < -0.4 is 9.47 Å². The Bertz CT molecular complexity index is 949. The molecular formula is C29H43O2PS. The zero-order valence-electron chi connectivity index (χ0n) is 21.5. The van der Waals surface area contributed by atoms with Gasteiger partial charge in [0.15, 0.2) is 0 Å². The van der Waals surface area contributed by atoms with Crippen molar-refractivity contribution in [3.05, 3.63) is 35.4 Å². The van der Waals surface area contributed by atoms with Crippen LogP contribution in [0, 0.1) is 13.8 Å². The highest BCUT2D eigenvalue weighted by Crippen LogP contribution is 2.58. The summed E-state index contributed by atoms with van der Waals surface area (Å²) >= 11 is 2.17. The minimum atomic E-state index is -0.382. The van der Waals surface area contributed by atoms with Gasteiger partial charge in [-0.3, -0.25) is 0 Å². The summed E-state index contributed by atoms with van der Waals surface area (Å²) < 4.78 is 12.5. The van der Waals surface area contributed by atoms with E-state index in [1.807, 2.05) is 0 Å². The van der Waals surface area contributed by atoms with E-state index in [0.29, 0.717) is 0 Å². The summed E-state index contributed by atoms with van der Waals surface area (Å²) in [6.45, 7) is 12.4. The average Bonchev–Trinajstić information content (AvgIpc) is 3.08. The van der Waals surface area contributed by atoms with Gasteiger partial charge in [-0.15, -0.1) is 11.4 Å². The predicted molar refractivity (Wildman–Crippen MR) is 151 cm³/mol. The summed E-state index contributed by atoms with van der Waals surface area (Å²) in [5.41, 5.74) is 2.54. The van der Waals surface area contributed by atoms with Crippen molar-refractivity contribution in [2.75, 3.05) is 19.0 Å². The fraction of sp³-hybridized carbons (Fsp3) is 0.586. The van der Waals surface area contributed by atoms with Crippen molar-refractivity contribution in [3.63, 3.8) is 0 Å². The lowest BCUT2D eigenvalue weighted by Gasteiger charge is -2.10. The van der Waals surface area contributed by atoms with Gasteiger partial charge in [0.1, 0.15) is 11.5 Å². The third kappa shape index (κ3) is 6.86. The molecule has 0 N–H and O–H groups in total. The molecule has 0 saturated carbocycles. The summed E-state index contributed by atoms with van der Waals surface area (Å²) in [6.07, 6.45) is 11.1. The van der Waals surface area contributed by atoms with Crippen LogP contribution in [0.15, 0.2) is 24.3 Å². The van der Waals surface area contributed by atoms with E-state index >= 15 is 0 Å². The zero-order valence-corrected chi connectivity index (χ0v) is 23.2. The first-order valence-corrected chi connectivity index (χ1v) is 16.0. The first-order valence-electron chi connectivity index (χ1n) is 13.1. The molecule has 0 spiro atoms. The molecule has 4 heteroatoms. The zero-order chi connectivity index (χ0) is 23.6. The van der Waals surface area contributed by atoms with E-state index in [4.69, 9.17) is 9.47 Å². The Morgan fingerprint density at radius 3 is 1.55 bits per heavy atom. The van der Waals surface area contributed by atoms with Crippen LogP contribution in [0.5, 0.6) is 11.5 Å². The Kier molecular flexibility index (Phi) is 10.8. The lowest BCUT2D eigenvalue weighted by molar-refractivity contribution is 0.304. The molecule has 0 bridgehead atoms. The largest absolute Gasteiger partial charge is 0.493 e. The van der Waals surface area contributed by atoms with Crippen molar-refractivity contribution in [1.29, 1.82) is 0 Å². The van der Waals surface area contributed by atoms with E-state index in [9.17, 15) is 0 Å². The number of hydrogen-bond donors (Lipinski definition) is 0. The maximum Gasteiger partial charge on any atom is 0.122 e. The quantitative estimate of drug-likeness (QED) is 0.199. The smallest absolute Gasteiger partial charge is 0.122 e. The molecule has 0 aliphatic heterocycles. The minimum Gasteiger partial charge on any atom is -0.493 e. The maximum atomic E-state index is 6.24. The molecule has 0 saturated heterocycles. The van der Waals surface area contributed by atoms with Gasteiger partial charge < -0.3 is 9.47 Å². The Morgan fingerprint density at radius 2 is 1.09 bits per heavy atom. The van der Waals surface area contributed by atoms with Crippen molar-refractivity contribution in [2.45, 2.75) is 92.4 Å². The Labute approximate surface area is 206 Å². The first kappa shape index (κ1) is 26.3. The molecule has 0 unspecified atom stereocenters. The number of unbranched alkanes of at least 4 members (excludes halogenated alkanes) is 6. The van der Waals surface area contributed by atoms with Gasteiger partial charge in [-0.05, 0) is 86.0 Å². The van der Waals surface area contributed by atoms with Gasteiger partial charge in [0, 0.05) is 16.0 Å². The molecule has 0 atom stereocenters. The third-order valence-corrected chi connectivity index (χ3v) is 11.1. The van der Waals surface area contributed by atoms with Gasteiger partial charge in [0.2, 0.25) is 0 Å². The Balaban J connectivity index is 2.00. The second-order valence-corrected chi connectivity index (χ2v) is 13.3. The molecule has 3 aromatic rings. The standard InChI is InChI=1S/C29H43O2PS/c1-6-9-12-15-30-26-20-24-25-21-27(31-16-13-10-7-2)23(5)19-29(25)32(28(24)18-22(26)4)33-17-14-11-8-3/h18-21H,6-17H2,1-5H3. The fourth-order valence-corrected chi connectivity index (χ4v) is 9.43.